The van der Waals surface area contributed by atoms with Crippen LogP contribution in [0, 0.1) is 20.8 Å². The third kappa shape index (κ3) is 3.45. The zero-order valence-corrected chi connectivity index (χ0v) is 18.4. The highest BCUT2D eigenvalue weighted by molar-refractivity contribution is 6.09. The molecule has 0 N–H and O–H groups in total. The first-order valence-corrected chi connectivity index (χ1v) is 9.94. The summed E-state index contributed by atoms with van der Waals surface area (Å²) in [4.78, 5) is 29.3. The average molecular weight is 389 g/mol. The van der Waals surface area contributed by atoms with Crippen molar-refractivity contribution in [1.82, 2.24) is 4.90 Å². The minimum atomic E-state index is -0.821. The van der Waals surface area contributed by atoms with Gasteiger partial charge in [-0.15, -0.1) is 0 Å². The zero-order valence-electron chi connectivity index (χ0n) is 18.4. The van der Waals surface area contributed by atoms with Crippen LogP contribution in [-0.4, -0.2) is 54.2 Å². The smallest absolute Gasteiger partial charge is 0.410 e. The Hall–Kier alpha value is -2.24. The summed E-state index contributed by atoms with van der Waals surface area (Å²) in [6.07, 6.45) is -0.268. The molecule has 0 aliphatic carbocycles. The van der Waals surface area contributed by atoms with E-state index in [9.17, 15) is 9.59 Å². The molecule has 1 amide bonds. The molecule has 0 unspecified atom stereocenters. The van der Waals surface area contributed by atoms with Crippen molar-refractivity contribution in [3.63, 3.8) is 0 Å². The summed E-state index contributed by atoms with van der Waals surface area (Å²) in [7, 11) is 0. The van der Waals surface area contributed by atoms with Crippen molar-refractivity contribution in [3.05, 3.63) is 22.3 Å². The fourth-order valence-electron chi connectivity index (χ4n) is 4.02. The summed E-state index contributed by atoms with van der Waals surface area (Å²) in [5.74, 6) is 0.762. The van der Waals surface area contributed by atoms with Gasteiger partial charge in [-0.3, -0.25) is 4.79 Å². The number of carbonyl (C=O) groups excluding carboxylic acids is 2. The van der Waals surface area contributed by atoms with Gasteiger partial charge in [-0.1, -0.05) is 0 Å². The predicted molar refractivity (Wildman–Crippen MR) is 110 cm³/mol. The quantitative estimate of drug-likeness (QED) is 0.727. The summed E-state index contributed by atoms with van der Waals surface area (Å²) in [6.45, 7) is 18.0. The second-order valence-corrected chi connectivity index (χ2v) is 9.32. The van der Waals surface area contributed by atoms with Crippen molar-refractivity contribution in [2.75, 3.05) is 31.1 Å². The van der Waals surface area contributed by atoms with Crippen molar-refractivity contribution in [2.45, 2.75) is 66.6 Å². The Balaban J connectivity index is 1.85. The van der Waals surface area contributed by atoms with Gasteiger partial charge in [0.2, 0.25) is 5.78 Å². The topological polar surface area (TPSA) is 59.1 Å². The first kappa shape index (κ1) is 20.5. The van der Waals surface area contributed by atoms with Gasteiger partial charge in [-0.2, -0.15) is 0 Å². The number of hydrogen-bond donors (Lipinski definition) is 0. The molecule has 0 spiro atoms. The molecular formula is C22H32N2O4. The summed E-state index contributed by atoms with van der Waals surface area (Å²) in [5.41, 5.74) is 3.60. The molecule has 154 valence electrons. The van der Waals surface area contributed by atoms with Crippen LogP contribution in [0.5, 0.6) is 5.75 Å². The Bertz CT molecular complexity index is 828. The van der Waals surface area contributed by atoms with Crippen molar-refractivity contribution in [3.8, 4) is 5.75 Å². The molecule has 6 heteroatoms. The maximum Gasteiger partial charge on any atom is 0.410 e. The maximum absolute atomic E-state index is 12.9. The van der Waals surface area contributed by atoms with Crippen molar-refractivity contribution in [1.29, 1.82) is 0 Å². The Morgan fingerprint density at radius 1 is 1.00 bits per heavy atom. The number of benzene rings is 1. The number of piperazine rings is 1. The predicted octanol–water partition coefficient (Wildman–Crippen LogP) is 4.02. The van der Waals surface area contributed by atoms with E-state index in [0.717, 1.165) is 28.1 Å². The number of rotatable bonds is 1. The van der Waals surface area contributed by atoms with Crippen LogP contribution in [0.15, 0.2) is 0 Å². The van der Waals surface area contributed by atoms with Crippen molar-refractivity contribution >= 4 is 17.6 Å². The number of amides is 1. The molecule has 0 bridgehead atoms. The monoisotopic (exact) mass is 388 g/mol. The van der Waals surface area contributed by atoms with E-state index in [1.807, 2.05) is 48.5 Å². The van der Waals surface area contributed by atoms with Crippen LogP contribution in [0.25, 0.3) is 0 Å². The molecule has 1 aromatic carbocycles. The highest BCUT2D eigenvalue weighted by Gasteiger charge is 2.43. The van der Waals surface area contributed by atoms with Gasteiger partial charge in [0, 0.05) is 31.9 Å². The first-order chi connectivity index (χ1) is 12.8. The highest BCUT2D eigenvalue weighted by atomic mass is 16.6. The normalized spacial score (nSPS) is 18.8. The lowest BCUT2D eigenvalue weighted by molar-refractivity contribution is 0.0240. The lowest BCUT2D eigenvalue weighted by Crippen LogP contribution is -2.50. The number of anilines is 1. The zero-order chi connectivity index (χ0) is 21.0. The van der Waals surface area contributed by atoms with Crippen LogP contribution in [0.1, 0.15) is 61.7 Å². The highest BCUT2D eigenvalue weighted by Crippen LogP contribution is 2.45. The lowest BCUT2D eigenvalue weighted by Gasteiger charge is -2.38. The molecule has 0 atom stereocenters. The largest absolute Gasteiger partial charge is 0.479 e. The SMILES string of the molecule is Cc1c(C)c(N2CCN(C(=O)OC(C)(C)C)CC2)c(C)c2c1OC(C)(C)C2=O. The summed E-state index contributed by atoms with van der Waals surface area (Å²) < 4.78 is 11.5. The van der Waals surface area contributed by atoms with E-state index in [1.54, 1.807) is 4.90 Å². The van der Waals surface area contributed by atoms with Gasteiger partial charge >= 0.3 is 6.09 Å². The Morgan fingerprint density at radius 3 is 2.11 bits per heavy atom. The van der Waals surface area contributed by atoms with E-state index in [1.165, 1.54) is 0 Å². The average Bonchev–Trinajstić information content (AvgIpc) is 2.82. The number of Topliss-reactive ketones (excluding diaryl/α,β-unsaturated/α-hetero) is 1. The van der Waals surface area contributed by atoms with Crippen LogP contribution in [0.2, 0.25) is 0 Å². The van der Waals surface area contributed by atoms with Crippen LogP contribution < -0.4 is 9.64 Å². The molecule has 0 radical (unpaired) electrons. The number of nitrogens with zero attached hydrogens (tertiary/aromatic N) is 2. The van der Waals surface area contributed by atoms with Gasteiger partial charge in [-0.05, 0) is 72.1 Å². The second kappa shape index (κ2) is 6.68. The van der Waals surface area contributed by atoms with E-state index in [0.29, 0.717) is 31.7 Å². The van der Waals surface area contributed by atoms with Crippen molar-refractivity contribution < 1.29 is 19.1 Å². The maximum atomic E-state index is 12.9. The third-order valence-electron chi connectivity index (χ3n) is 5.59. The van der Waals surface area contributed by atoms with Gasteiger partial charge in [0.1, 0.15) is 11.4 Å². The summed E-state index contributed by atoms with van der Waals surface area (Å²) in [5, 5.41) is 0. The fraction of sp³-hybridized carbons (Fsp3) is 0.636. The molecule has 3 rings (SSSR count). The molecule has 0 aromatic heterocycles. The van der Waals surface area contributed by atoms with Crippen LogP contribution >= 0.6 is 0 Å². The molecule has 1 aromatic rings. The standard InChI is InChI=1S/C22H32N2O4/c1-13-14(2)18-16(19(25)22(7,8)27-18)15(3)17(13)23-9-11-24(12-10-23)20(26)28-21(4,5)6/h9-12H2,1-8H3. The van der Waals surface area contributed by atoms with Crippen LogP contribution in [-0.2, 0) is 4.74 Å². The van der Waals surface area contributed by atoms with Gasteiger partial charge in [0.25, 0.3) is 0 Å². The molecule has 28 heavy (non-hydrogen) atoms. The van der Waals surface area contributed by atoms with E-state index in [-0.39, 0.29) is 11.9 Å². The molecule has 6 nitrogen and oxygen atoms in total. The minimum Gasteiger partial charge on any atom is -0.479 e. The molecule has 2 heterocycles. The fourth-order valence-corrected chi connectivity index (χ4v) is 4.02. The van der Waals surface area contributed by atoms with E-state index in [4.69, 9.17) is 9.47 Å². The molecule has 2 aliphatic heterocycles. The molecule has 2 aliphatic rings. The molecular weight excluding hydrogens is 356 g/mol. The van der Waals surface area contributed by atoms with Crippen LogP contribution in [0.4, 0.5) is 10.5 Å². The van der Waals surface area contributed by atoms with Gasteiger partial charge in [0.05, 0.1) is 5.56 Å². The number of ketones is 1. The van der Waals surface area contributed by atoms with E-state index in [2.05, 4.69) is 11.8 Å². The molecule has 0 saturated carbocycles. The third-order valence-corrected chi connectivity index (χ3v) is 5.59. The Labute approximate surface area is 167 Å². The van der Waals surface area contributed by atoms with Crippen LogP contribution in [0.3, 0.4) is 0 Å². The van der Waals surface area contributed by atoms with E-state index < -0.39 is 11.2 Å². The number of hydrogen-bond acceptors (Lipinski definition) is 5. The molecule has 1 saturated heterocycles. The Kier molecular flexibility index (Phi) is 4.89. The first-order valence-electron chi connectivity index (χ1n) is 9.94. The van der Waals surface area contributed by atoms with Crippen molar-refractivity contribution in [2.24, 2.45) is 0 Å². The molecule has 1 fully saturated rings. The Morgan fingerprint density at radius 2 is 1.57 bits per heavy atom. The van der Waals surface area contributed by atoms with Gasteiger partial charge in [-0.25, -0.2) is 4.79 Å². The minimum absolute atomic E-state index is 0.0386. The van der Waals surface area contributed by atoms with Gasteiger partial charge < -0.3 is 19.3 Å². The second-order valence-electron chi connectivity index (χ2n) is 9.32. The number of carbonyl (C=O) groups is 2. The van der Waals surface area contributed by atoms with E-state index >= 15 is 0 Å². The van der Waals surface area contributed by atoms with Gasteiger partial charge in [0.15, 0.2) is 5.60 Å². The summed E-state index contributed by atoms with van der Waals surface area (Å²) >= 11 is 0. The summed E-state index contributed by atoms with van der Waals surface area (Å²) in [6, 6.07) is 0. The lowest BCUT2D eigenvalue weighted by atomic mass is 9.91. The number of fused-ring (bicyclic) bond motifs is 1. The number of ether oxygens (including phenoxy) is 2.